The molecule has 1 aromatic carbocycles. The number of hydrogen-bond acceptors (Lipinski definition) is 4. The van der Waals surface area contributed by atoms with Crippen LogP contribution in [0.4, 0.5) is 4.39 Å². The molecule has 126 valence electrons. The SMILES string of the molecule is Cc1ncc(C(=O)N2CCOC(c3ccc(F)c(Cl)c3)C2)c(C)n1. The van der Waals surface area contributed by atoms with E-state index in [0.29, 0.717) is 36.8 Å². The van der Waals surface area contributed by atoms with E-state index in [1.807, 2.05) is 0 Å². The lowest BCUT2D eigenvalue weighted by atomic mass is 10.1. The van der Waals surface area contributed by atoms with Crippen LogP contribution in [0.3, 0.4) is 0 Å². The highest BCUT2D eigenvalue weighted by atomic mass is 35.5. The molecule has 1 aliphatic rings. The molecule has 1 unspecified atom stereocenters. The second kappa shape index (κ2) is 6.83. The van der Waals surface area contributed by atoms with Gasteiger partial charge in [0.1, 0.15) is 17.7 Å². The molecule has 1 aliphatic heterocycles. The van der Waals surface area contributed by atoms with Crippen LogP contribution in [0.2, 0.25) is 5.02 Å². The van der Waals surface area contributed by atoms with E-state index in [1.165, 1.54) is 12.1 Å². The predicted molar refractivity (Wildman–Crippen MR) is 87.5 cm³/mol. The van der Waals surface area contributed by atoms with Crippen molar-refractivity contribution in [1.29, 1.82) is 0 Å². The van der Waals surface area contributed by atoms with Crippen molar-refractivity contribution in [2.24, 2.45) is 0 Å². The van der Waals surface area contributed by atoms with E-state index >= 15 is 0 Å². The summed E-state index contributed by atoms with van der Waals surface area (Å²) >= 11 is 5.84. The number of halogens is 2. The van der Waals surface area contributed by atoms with Crippen molar-refractivity contribution in [3.63, 3.8) is 0 Å². The number of aromatic nitrogens is 2. The van der Waals surface area contributed by atoms with Crippen LogP contribution in [0.15, 0.2) is 24.4 Å². The zero-order valence-electron chi connectivity index (χ0n) is 13.4. The minimum absolute atomic E-state index is 0.0438. The van der Waals surface area contributed by atoms with Crippen LogP contribution in [0.1, 0.15) is 33.5 Å². The molecule has 0 N–H and O–H groups in total. The van der Waals surface area contributed by atoms with E-state index in [0.717, 1.165) is 5.56 Å². The molecule has 1 amide bonds. The highest BCUT2D eigenvalue weighted by molar-refractivity contribution is 6.30. The summed E-state index contributed by atoms with van der Waals surface area (Å²) < 4.78 is 19.0. The number of hydrogen-bond donors (Lipinski definition) is 0. The molecule has 3 rings (SSSR count). The van der Waals surface area contributed by atoms with Gasteiger partial charge in [0.15, 0.2) is 0 Å². The van der Waals surface area contributed by atoms with Gasteiger partial charge in [-0.2, -0.15) is 0 Å². The van der Waals surface area contributed by atoms with Crippen LogP contribution < -0.4 is 0 Å². The quantitative estimate of drug-likeness (QED) is 0.836. The Bertz CT molecular complexity index is 784. The molecule has 2 heterocycles. The zero-order chi connectivity index (χ0) is 17.3. The average molecular weight is 350 g/mol. The van der Waals surface area contributed by atoms with Crippen molar-refractivity contribution < 1.29 is 13.9 Å². The second-order valence-corrected chi connectivity index (χ2v) is 6.11. The van der Waals surface area contributed by atoms with E-state index in [1.54, 1.807) is 31.0 Å². The van der Waals surface area contributed by atoms with Crippen LogP contribution in [0, 0.1) is 19.7 Å². The normalized spacial score (nSPS) is 17.8. The van der Waals surface area contributed by atoms with Crippen molar-refractivity contribution in [2.45, 2.75) is 20.0 Å². The molecule has 0 bridgehead atoms. The number of benzene rings is 1. The van der Waals surface area contributed by atoms with Crippen LogP contribution in [0.25, 0.3) is 0 Å². The van der Waals surface area contributed by atoms with Gasteiger partial charge in [0, 0.05) is 12.7 Å². The number of rotatable bonds is 2. The molecule has 0 aliphatic carbocycles. The van der Waals surface area contributed by atoms with Gasteiger partial charge in [-0.3, -0.25) is 4.79 Å². The third-order valence-corrected chi connectivity index (χ3v) is 4.29. The van der Waals surface area contributed by atoms with E-state index in [9.17, 15) is 9.18 Å². The highest BCUT2D eigenvalue weighted by Crippen LogP contribution is 2.27. The molecule has 1 aromatic heterocycles. The van der Waals surface area contributed by atoms with Crippen molar-refractivity contribution in [1.82, 2.24) is 14.9 Å². The van der Waals surface area contributed by atoms with Crippen molar-refractivity contribution >= 4 is 17.5 Å². The maximum Gasteiger partial charge on any atom is 0.257 e. The number of carbonyl (C=O) groups is 1. The van der Waals surface area contributed by atoms with Gasteiger partial charge in [0.25, 0.3) is 5.91 Å². The number of aryl methyl sites for hydroxylation is 2. The van der Waals surface area contributed by atoms with E-state index in [4.69, 9.17) is 16.3 Å². The first-order valence-corrected chi connectivity index (χ1v) is 7.99. The first-order chi connectivity index (χ1) is 11.5. The van der Waals surface area contributed by atoms with E-state index in [-0.39, 0.29) is 17.0 Å². The lowest BCUT2D eigenvalue weighted by Gasteiger charge is -2.33. The molecule has 0 spiro atoms. The monoisotopic (exact) mass is 349 g/mol. The van der Waals surface area contributed by atoms with Crippen LogP contribution in [-0.4, -0.2) is 40.5 Å². The molecule has 24 heavy (non-hydrogen) atoms. The molecule has 5 nitrogen and oxygen atoms in total. The van der Waals surface area contributed by atoms with Gasteiger partial charge in [-0.05, 0) is 31.5 Å². The molecular weight excluding hydrogens is 333 g/mol. The number of morpholine rings is 1. The minimum atomic E-state index is -0.475. The molecule has 2 aromatic rings. The molecule has 0 radical (unpaired) electrons. The lowest BCUT2D eigenvalue weighted by molar-refractivity contribution is -0.0229. The summed E-state index contributed by atoms with van der Waals surface area (Å²) in [5.41, 5.74) is 1.88. The number of amides is 1. The summed E-state index contributed by atoms with van der Waals surface area (Å²) in [6.07, 6.45) is 1.21. The summed E-state index contributed by atoms with van der Waals surface area (Å²) in [6.45, 7) is 4.83. The minimum Gasteiger partial charge on any atom is -0.370 e. The van der Waals surface area contributed by atoms with Crippen molar-refractivity contribution in [3.05, 3.63) is 57.9 Å². The Labute approximate surface area is 144 Å². The Hall–Kier alpha value is -2.05. The predicted octanol–water partition coefficient (Wildman–Crippen LogP) is 3.10. The fourth-order valence-corrected chi connectivity index (χ4v) is 2.90. The van der Waals surface area contributed by atoms with Gasteiger partial charge in [0.2, 0.25) is 0 Å². The molecule has 0 saturated carbocycles. The number of ether oxygens (including phenoxy) is 1. The first kappa shape index (κ1) is 16.8. The Kier molecular flexibility index (Phi) is 4.78. The molecule has 1 atom stereocenters. The Morgan fingerprint density at radius 3 is 2.92 bits per heavy atom. The van der Waals surface area contributed by atoms with Gasteiger partial charge < -0.3 is 9.64 Å². The fraction of sp³-hybridized carbons (Fsp3) is 0.353. The van der Waals surface area contributed by atoms with Crippen LogP contribution >= 0.6 is 11.6 Å². The zero-order valence-corrected chi connectivity index (χ0v) is 14.2. The third-order valence-electron chi connectivity index (χ3n) is 4.00. The average Bonchev–Trinajstić information content (AvgIpc) is 2.57. The molecule has 1 fully saturated rings. The van der Waals surface area contributed by atoms with Crippen LogP contribution in [0.5, 0.6) is 0 Å². The second-order valence-electron chi connectivity index (χ2n) is 5.70. The van der Waals surface area contributed by atoms with E-state index in [2.05, 4.69) is 9.97 Å². The molecular formula is C17H17ClFN3O2. The van der Waals surface area contributed by atoms with Gasteiger partial charge in [-0.25, -0.2) is 14.4 Å². The van der Waals surface area contributed by atoms with Crippen molar-refractivity contribution in [3.8, 4) is 0 Å². The topological polar surface area (TPSA) is 55.3 Å². The van der Waals surface area contributed by atoms with E-state index < -0.39 is 5.82 Å². The first-order valence-electron chi connectivity index (χ1n) is 7.62. The van der Waals surface area contributed by atoms with Gasteiger partial charge in [-0.1, -0.05) is 17.7 Å². The maximum atomic E-state index is 13.3. The summed E-state index contributed by atoms with van der Waals surface area (Å²) in [5, 5.41) is 0.0438. The Balaban J connectivity index is 1.79. The summed E-state index contributed by atoms with van der Waals surface area (Å²) in [7, 11) is 0. The fourth-order valence-electron chi connectivity index (χ4n) is 2.71. The van der Waals surface area contributed by atoms with Crippen LogP contribution in [-0.2, 0) is 4.74 Å². The Morgan fingerprint density at radius 1 is 1.42 bits per heavy atom. The molecule has 1 saturated heterocycles. The summed E-state index contributed by atoms with van der Waals surface area (Å²) in [6, 6.07) is 4.47. The lowest BCUT2D eigenvalue weighted by Crippen LogP contribution is -2.42. The summed E-state index contributed by atoms with van der Waals surface area (Å²) in [5.74, 6) is 0.0236. The van der Waals surface area contributed by atoms with Gasteiger partial charge in [0.05, 0.1) is 29.4 Å². The standard InChI is InChI=1S/C17H17ClFN3O2/c1-10-13(8-20-11(2)21-10)17(23)22-5-6-24-16(9-22)12-3-4-15(19)14(18)7-12/h3-4,7-8,16H,5-6,9H2,1-2H3. The highest BCUT2D eigenvalue weighted by Gasteiger charge is 2.27. The smallest absolute Gasteiger partial charge is 0.257 e. The summed E-state index contributed by atoms with van der Waals surface area (Å²) in [4.78, 5) is 22.8. The van der Waals surface area contributed by atoms with Gasteiger partial charge >= 0.3 is 0 Å². The number of nitrogens with zero attached hydrogens (tertiary/aromatic N) is 3. The molecule has 7 heteroatoms. The van der Waals surface area contributed by atoms with Gasteiger partial charge in [-0.15, -0.1) is 0 Å². The largest absolute Gasteiger partial charge is 0.370 e. The Morgan fingerprint density at radius 2 is 2.21 bits per heavy atom. The number of carbonyl (C=O) groups excluding carboxylic acids is 1. The van der Waals surface area contributed by atoms with Crippen molar-refractivity contribution in [2.75, 3.05) is 19.7 Å². The third kappa shape index (κ3) is 3.39. The maximum absolute atomic E-state index is 13.3.